The van der Waals surface area contributed by atoms with Crippen molar-refractivity contribution in [2.75, 3.05) is 0 Å². The van der Waals surface area contributed by atoms with E-state index in [1.54, 1.807) is 0 Å². The lowest BCUT2D eigenvalue weighted by Gasteiger charge is -2.27. The van der Waals surface area contributed by atoms with Gasteiger partial charge in [-0.25, -0.2) is 0 Å². The van der Waals surface area contributed by atoms with Crippen molar-refractivity contribution in [3.8, 4) is 0 Å². The van der Waals surface area contributed by atoms with Gasteiger partial charge in [0.05, 0.1) is 6.16 Å². The molecule has 7 aromatic rings. The second-order valence-electron chi connectivity index (χ2n) is 10.8. The molecule has 0 radical (unpaired) electrons. The number of halogens is 2. The van der Waals surface area contributed by atoms with Gasteiger partial charge >= 0.3 is 0 Å². The van der Waals surface area contributed by atoms with Crippen LogP contribution in [0.3, 0.4) is 0 Å². The van der Waals surface area contributed by atoms with Crippen molar-refractivity contribution in [2.45, 2.75) is 6.16 Å². The molecular formula is C43H41Cl2P3. The average Bonchev–Trinajstić information content (AvgIpc) is 3.14. The van der Waals surface area contributed by atoms with E-state index in [9.17, 15) is 0 Å². The fraction of sp³-hybridized carbons (Fsp3) is 0.0233. The average molecular weight is 722 g/mol. The lowest BCUT2D eigenvalue weighted by atomic mass is 10.2. The first-order valence-corrected chi connectivity index (χ1v) is 18.7. The molecule has 1 unspecified atom stereocenters. The first kappa shape index (κ1) is 38.9. The Morgan fingerprint density at radius 2 is 0.562 bits per heavy atom. The topological polar surface area (TPSA) is 0 Å². The lowest BCUT2D eigenvalue weighted by molar-refractivity contribution is -0.00000888. The lowest BCUT2D eigenvalue weighted by Crippen LogP contribution is -3.00. The molecule has 7 rings (SSSR count). The fourth-order valence-corrected chi connectivity index (χ4v) is 12.4. The predicted octanol–water partition coefficient (Wildman–Crippen LogP) is 6.11. The first-order chi connectivity index (χ1) is 22.3. The van der Waals surface area contributed by atoms with E-state index >= 15 is 0 Å². The quantitative estimate of drug-likeness (QED) is 0.166. The third-order valence-electron chi connectivity index (χ3n) is 7.90. The predicted molar refractivity (Wildman–Crippen MR) is 219 cm³/mol. The van der Waals surface area contributed by atoms with E-state index in [1.165, 1.54) is 37.4 Å². The Bertz CT molecular complexity index is 1650. The Morgan fingerprint density at radius 3 is 0.833 bits per heavy atom. The number of rotatable bonds is 8. The highest BCUT2D eigenvalue weighted by Gasteiger charge is 2.45. The van der Waals surface area contributed by atoms with Gasteiger partial charge in [0, 0.05) is 0 Å². The number of hydrogen-bond acceptors (Lipinski definition) is 0. The molecule has 0 nitrogen and oxygen atoms in total. The highest BCUT2D eigenvalue weighted by Crippen LogP contribution is 2.58. The molecule has 0 aromatic heterocycles. The van der Waals surface area contributed by atoms with Gasteiger partial charge in [-0.2, -0.15) is 9.90 Å². The summed E-state index contributed by atoms with van der Waals surface area (Å²) in [6.45, 7) is 0. The summed E-state index contributed by atoms with van der Waals surface area (Å²) in [7, 11) is -2.22. The van der Waals surface area contributed by atoms with Gasteiger partial charge in [0.2, 0.25) is 0 Å². The Morgan fingerprint density at radius 1 is 0.333 bits per heavy atom. The molecule has 1 atom stereocenters. The van der Waals surface area contributed by atoms with Gasteiger partial charge in [0.25, 0.3) is 0 Å². The highest BCUT2D eigenvalue weighted by molar-refractivity contribution is 7.95. The molecule has 0 aliphatic rings. The third-order valence-corrected chi connectivity index (χ3v) is 14.7. The van der Waals surface area contributed by atoms with Crippen molar-refractivity contribution in [2.24, 2.45) is 0 Å². The van der Waals surface area contributed by atoms with Crippen LogP contribution in [0.2, 0.25) is 0 Å². The number of benzene rings is 7. The normalized spacial score (nSPS) is 10.3. The first-order valence-electron chi connectivity index (χ1n) is 15.4. The zero-order chi connectivity index (χ0) is 30.6. The zero-order valence-corrected chi connectivity index (χ0v) is 31.6. The van der Waals surface area contributed by atoms with Crippen molar-refractivity contribution in [3.05, 3.63) is 218 Å². The minimum absolute atomic E-state index is 0. The van der Waals surface area contributed by atoms with E-state index in [0.29, 0.717) is 0 Å². The van der Waals surface area contributed by atoms with E-state index in [4.69, 9.17) is 0 Å². The Hall–Kier alpha value is -3.59. The fourth-order valence-electron chi connectivity index (χ4n) is 5.80. The molecule has 7 aromatic carbocycles. The van der Waals surface area contributed by atoms with E-state index < -0.39 is 15.2 Å². The van der Waals surface area contributed by atoms with Gasteiger partial charge in [-0.3, -0.25) is 0 Å². The van der Waals surface area contributed by atoms with Gasteiger partial charge in [-0.05, 0) is 65.8 Å². The van der Waals surface area contributed by atoms with Crippen molar-refractivity contribution >= 4 is 69.3 Å². The van der Waals surface area contributed by atoms with Crippen LogP contribution < -0.4 is 44.2 Å². The Balaban J connectivity index is 0.000000255. The van der Waals surface area contributed by atoms with Crippen molar-refractivity contribution < 1.29 is 12.4 Å². The summed E-state index contributed by atoms with van der Waals surface area (Å²) >= 11 is 0. The largest absolute Gasteiger partial charge is 1.00 e. The highest BCUT2D eigenvalue weighted by atomic mass is 35.5. The Labute approximate surface area is 304 Å². The maximum Gasteiger partial charge on any atom is 0.116 e. The summed E-state index contributed by atoms with van der Waals surface area (Å²) in [6.07, 6.45) is 1.03. The molecule has 0 saturated heterocycles. The van der Waals surface area contributed by atoms with E-state index in [0.717, 1.165) is 6.16 Å². The molecule has 242 valence electrons. The van der Waals surface area contributed by atoms with E-state index in [1.807, 2.05) is 0 Å². The summed E-state index contributed by atoms with van der Waals surface area (Å²) in [5.41, 5.74) is 1.39. The molecule has 0 fully saturated rings. The van der Waals surface area contributed by atoms with Crippen molar-refractivity contribution in [3.63, 3.8) is 0 Å². The van der Waals surface area contributed by atoms with Crippen LogP contribution in [0, 0.1) is 0 Å². The Kier molecular flexibility index (Phi) is 16.2. The molecule has 5 heteroatoms. The van der Waals surface area contributed by atoms with Crippen LogP contribution in [0.4, 0.5) is 0 Å². The minimum atomic E-state index is -1.78. The zero-order valence-electron chi connectivity index (χ0n) is 26.8. The summed E-state index contributed by atoms with van der Waals surface area (Å²) in [6, 6.07) is 76.4. The van der Waals surface area contributed by atoms with Gasteiger partial charge in [0.1, 0.15) is 23.2 Å². The van der Waals surface area contributed by atoms with Gasteiger partial charge in [-0.1, -0.05) is 176 Å². The van der Waals surface area contributed by atoms with Crippen LogP contribution in [-0.2, 0) is 6.16 Å². The monoisotopic (exact) mass is 720 g/mol. The second-order valence-corrected chi connectivity index (χ2v) is 16.5. The minimum Gasteiger partial charge on any atom is -1.00 e. The van der Waals surface area contributed by atoms with Crippen LogP contribution in [0.5, 0.6) is 0 Å². The maximum absolute atomic E-state index is 2.30. The molecule has 48 heavy (non-hydrogen) atoms. The van der Waals surface area contributed by atoms with Crippen LogP contribution in [0.1, 0.15) is 5.56 Å². The summed E-state index contributed by atoms with van der Waals surface area (Å²) < 4.78 is 0. The SMILES string of the molecule is Cl.P.[Cl-].c1ccc(C[P+](c2ccccc2)(c2ccccc2)c2ccccc2)cc1.c1ccc(P(c2ccccc2)c2ccccc2)cc1. The maximum atomic E-state index is 2.30. The van der Waals surface area contributed by atoms with E-state index in [-0.39, 0.29) is 34.7 Å². The third kappa shape index (κ3) is 9.52. The second kappa shape index (κ2) is 20.0. The van der Waals surface area contributed by atoms with Crippen LogP contribution in [-0.4, -0.2) is 0 Å². The molecule has 0 saturated carbocycles. The summed E-state index contributed by atoms with van der Waals surface area (Å²) in [5.74, 6) is 0. The summed E-state index contributed by atoms with van der Waals surface area (Å²) in [4.78, 5) is 0. The van der Waals surface area contributed by atoms with Crippen LogP contribution in [0.15, 0.2) is 212 Å². The van der Waals surface area contributed by atoms with Crippen LogP contribution >= 0.6 is 37.5 Å². The molecule has 0 heterocycles. The number of hydrogen-bond donors (Lipinski definition) is 0. The van der Waals surface area contributed by atoms with Gasteiger partial charge < -0.3 is 12.4 Å². The van der Waals surface area contributed by atoms with Gasteiger partial charge in [0.15, 0.2) is 0 Å². The smallest absolute Gasteiger partial charge is 0.116 e. The molecule has 0 aliphatic heterocycles. The molecular weight excluding hydrogens is 680 g/mol. The van der Waals surface area contributed by atoms with Crippen molar-refractivity contribution in [1.82, 2.24) is 0 Å². The van der Waals surface area contributed by atoms with Crippen molar-refractivity contribution in [1.29, 1.82) is 0 Å². The molecule has 0 N–H and O–H groups in total. The molecule has 0 bridgehead atoms. The van der Waals surface area contributed by atoms with Gasteiger partial charge in [-0.15, -0.1) is 12.4 Å². The molecule has 0 spiro atoms. The summed E-state index contributed by atoms with van der Waals surface area (Å²) in [5, 5.41) is 8.49. The molecule has 0 amide bonds. The van der Waals surface area contributed by atoms with E-state index in [2.05, 4.69) is 212 Å². The van der Waals surface area contributed by atoms with Crippen LogP contribution in [0.25, 0.3) is 0 Å². The standard InChI is InChI=1S/C25H22P.C18H15P.2ClH.H3P/c1-5-13-22(14-6-1)21-26(23-15-7-2-8-16-23,24-17-9-3-10-18-24)25-19-11-4-12-20-25;1-4-10-16(11-5-1)19(17-12-6-2-7-13-17)18-14-8-3-9-15-18;;;/h1-20H,21H2;1-15H;2*1H;1H3/q+1;;;;/p-1. The molecule has 0 aliphatic carbocycles.